The van der Waals surface area contributed by atoms with Crippen molar-refractivity contribution in [3.8, 4) is 0 Å². The van der Waals surface area contributed by atoms with Crippen LogP contribution in [0.25, 0.3) is 0 Å². The predicted molar refractivity (Wildman–Crippen MR) is 78.4 cm³/mol. The summed E-state index contributed by atoms with van der Waals surface area (Å²) in [6, 6.07) is 0. The van der Waals surface area contributed by atoms with E-state index in [1.54, 1.807) is 0 Å². The van der Waals surface area contributed by atoms with Crippen molar-refractivity contribution in [3.05, 3.63) is 11.4 Å². The van der Waals surface area contributed by atoms with E-state index in [1.807, 2.05) is 18.8 Å². The number of nitrogens with one attached hydrogen (secondary N) is 1. The summed E-state index contributed by atoms with van der Waals surface area (Å²) in [5.41, 5.74) is 1.20. The van der Waals surface area contributed by atoms with E-state index >= 15 is 0 Å². The zero-order valence-electron chi connectivity index (χ0n) is 11.6. The van der Waals surface area contributed by atoms with Crippen LogP contribution in [0.1, 0.15) is 50.4 Å². The first-order valence-corrected chi connectivity index (χ1v) is 7.84. The third-order valence-corrected chi connectivity index (χ3v) is 4.96. The molecule has 4 heteroatoms. The quantitative estimate of drug-likeness (QED) is 0.840. The van der Waals surface area contributed by atoms with Gasteiger partial charge in [0.2, 0.25) is 0 Å². The Morgan fingerprint density at radius 1 is 1.22 bits per heavy atom. The summed E-state index contributed by atoms with van der Waals surface area (Å²) < 4.78 is 0. The van der Waals surface area contributed by atoms with E-state index in [2.05, 4.69) is 24.1 Å². The van der Waals surface area contributed by atoms with E-state index in [0.29, 0.717) is 0 Å². The molecule has 2 rings (SSSR count). The fraction of sp³-hybridized carbons (Fsp3) is 0.714. The molecule has 1 aromatic rings. The first-order valence-electron chi connectivity index (χ1n) is 6.96. The highest BCUT2D eigenvalue weighted by molar-refractivity contribution is 7.99. The highest BCUT2D eigenvalue weighted by Gasteiger charge is 2.18. The Bertz CT molecular complexity index is 400. The number of hydrogen-bond donors (Lipinski definition) is 1. The average molecular weight is 265 g/mol. The number of hydrogen-bond acceptors (Lipinski definition) is 4. The molecule has 18 heavy (non-hydrogen) atoms. The molecule has 0 atom stereocenters. The normalized spacial score (nSPS) is 16.8. The lowest BCUT2D eigenvalue weighted by Gasteiger charge is -2.21. The van der Waals surface area contributed by atoms with E-state index in [-0.39, 0.29) is 0 Å². The number of nitrogens with zero attached hydrogens (tertiary/aromatic N) is 2. The van der Waals surface area contributed by atoms with Crippen LogP contribution in [0.3, 0.4) is 0 Å². The summed E-state index contributed by atoms with van der Waals surface area (Å²) in [5.74, 6) is 1.93. The van der Waals surface area contributed by atoms with Gasteiger partial charge in [-0.1, -0.05) is 26.2 Å². The number of thioether (sulfide) groups is 1. The van der Waals surface area contributed by atoms with E-state index in [9.17, 15) is 0 Å². The third-order valence-electron chi connectivity index (χ3n) is 3.53. The predicted octanol–water partition coefficient (Wildman–Crippen LogP) is 3.81. The third kappa shape index (κ3) is 3.16. The molecule has 0 unspecified atom stereocenters. The molecule has 0 radical (unpaired) electrons. The molecule has 1 N–H and O–H groups in total. The summed E-state index contributed by atoms with van der Waals surface area (Å²) in [6.07, 6.45) is 7.73. The Morgan fingerprint density at radius 3 is 2.56 bits per heavy atom. The van der Waals surface area contributed by atoms with Crippen molar-refractivity contribution >= 4 is 17.6 Å². The molecule has 1 aliphatic rings. The summed E-state index contributed by atoms with van der Waals surface area (Å²) in [4.78, 5) is 9.23. The number of anilines is 1. The smallest absolute Gasteiger partial charge is 0.133 e. The van der Waals surface area contributed by atoms with Crippen LogP contribution < -0.4 is 5.32 Å². The van der Waals surface area contributed by atoms with Gasteiger partial charge in [-0.15, -0.1) is 11.8 Å². The second kappa shape index (κ2) is 6.41. The molecule has 1 saturated carbocycles. The molecule has 1 heterocycles. The first kappa shape index (κ1) is 13.7. The van der Waals surface area contributed by atoms with Gasteiger partial charge in [0.1, 0.15) is 16.7 Å². The summed E-state index contributed by atoms with van der Waals surface area (Å²) in [6.45, 7) is 4.23. The van der Waals surface area contributed by atoms with Gasteiger partial charge in [-0.25, -0.2) is 9.97 Å². The van der Waals surface area contributed by atoms with E-state index in [0.717, 1.165) is 23.3 Å². The number of aromatic nitrogens is 2. The maximum Gasteiger partial charge on any atom is 0.133 e. The fourth-order valence-electron chi connectivity index (χ4n) is 2.40. The van der Waals surface area contributed by atoms with Gasteiger partial charge in [-0.05, 0) is 19.8 Å². The van der Waals surface area contributed by atoms with Crippen molar-refractivity contribution in [2.75, 3.05) is 12.4 Å². The Morgan fingerprint density at radius 2 is 1.94 bits per heavy atom. The first-order chi connectivity index (χ1) is 8.74. The molecule has 1 aliphatic carbocycles. The second-order valence-electron chi connectivity index (χ2n) is 4.90. The van der Waals surface area contributed by atoms with Gasteiger partial charge in [0.25, 0.3) is 0 Å². The maximum absolute atomic E-state index is 4.71. The molecule has 0 saturated heterocycles. The second-order valence-corrected chi connectivity index (χ2v) is 6.19. The lowest BCUT2D eigenvalue weighted by atomic mass is 10.0. The van der Waals surface area contributed by atoms with Gasteiger partial charge in [-0.3, -0.25) is 0 Å². The molecule has 0 amide bonds. The minimum absolute atomic E-state index is 0.752. The van der Waals surface area contributed by atoms with Crippen molar-refractivity contribution in [1.29, 1.82) is 0 Å². The van der Waals surface area contributed by atoms with Crippen molar-refractivity contribution in [2.24, 2.45) is 0 Å². The van der Waals surface area contributed by atoms with Crippen LogP contribution >= 0.6 is 11.8 Å². The Labute approximate surface area is 114 Å². The van der Waals surface area contributed by atoms with Crippen molar-refractivity contribution in [3.63, 3.8) is 0 Å². The topological polar surface area (TPSA) is 37.8 Å². The molecule has 0 aromatic carbocycles. The van der Waals surface area contributed by atoms with Crippen LogP contribution in [0.2, 0.25) is 0 Å². The molecular weight excluding hydrogens is 242 g/mol. The summed E-state index contributed by atoms with van der Waals surface area (Å²) >= 11 is 1.96. The average Bonchev–Trinajstić information content (AvgIpc) is 2.42. The van der Waals surface area contributed by atoms with Crippen LogP contribution in [-0.2, 0) is 6.42 Å². The molecule has 0 bridgehead atoms. The Kier molecular flexibility index (Phi) is 4.87. The lowest BCUT2D eigenvalue weighted by Crippen LogP contribution is -2.10. The van der Waals surface area contributed by atoms with Gasteiger partial charge < -0.3 is 5.32 Å². The zero-order chi connectivity index (χ0) is 13.0. The van der Waals surface area contributed by atoms with Crippen LogP contribution in [0, 0.1) is 6.92 Å². The molecule has 100 valence electrons. The molecule has 1 fully saturated rings. The van der Waals surface area contributed by atoms with Crippen LogP contribution in [0.15, 0.2) is 5.03 Å². The van der Waals surface area contributed by atoms with Gasteiger partial charge in [0.05, 0.1) is 0 Å². The van der Waals surface area contributed by atoms with Gasteiger partial charge in [-0.2, -0.15) is 0 Å². The zero-order valence-corrected chi connectivity index (χ0v) is 12.4. The lowest BCUT2D eigenvalue weighted by molar-refractivity contribution is 0.515. The van der Waals surface area contributed by atoms with Crippen LogP contribution in [0.5, 0.6) is 0 Å². The minimum atomic E-state index is 0.752. The van der Waals surface area contributed by atoms with E-state index < -0.39 is 0 Å². The maximum atomic E-state index is 4.71. The summed E-state index contributed by atoms with van der Waals surface area (Å²) in [7, 11) is 1.93. The van der Waals surface area contributed by atoms with Crippen molar-refractivity contribution in [1.82, 2.24) is 9.97 Å². The van der Waals surface area contributed by atoms with Gasteiger partial charge in [0.15, 0.2) is 0 Å². The minimum Gasteiger partial charge on any atom is -0.373 e. The monoisotopic (exact) mass is 265 g/mol. The van der Waals surface area contributed by atoms with Crippen molar-refractivity contribution < 1.29 is 0 Å². The number of aryl methyl sites for hydroxylation is 1. The number of rotatable bonds is 4. The Balaban J connectivity index is 2.19. The standard InChI is InChI=1S/C14H23N3S/c1-4-12-16-13(15-3)10(2)14(17-12)18-11-8-6-5-7-9-11/h11H,4-9H2,1-3H3,(H,15,16,17). The molecule has 0 aliphatic heterocycles. The summed E-state index contributed by atoms with van der Waals surface area (Å²) in [5, 5.41) is 5.11. The van der Waals surface area contributed by atoms with Gasteiger partial charge in [0, 0.05) is 24.3 Å². The molecule has 1 aromatic heterocycles. The SMILES string of the molecule is CCc1nc(NC)c(C)c(SC2CCCCC2)n1. The van der Waals surface area contributed by atoms with Crippen LogP contribution in [-0.4, -0.2) is 22.3 Å². The molecule has 0 spiro atoms. The van der Waals surface area contributed by atoms with Crippen LogP contribution in [0.4, 0.5) is 5.82 Å². The molecular formula is C14H23N3S. The highest BCUT2D eigenvalue weighted by Crippen LogP contribution is 2.35. The Hall–Kier alpha value is -0.770. The highest BCUT2D eigenvalue weighted by atomic mass is 32.2. The van der Waals surface area contributed by atoms with E-state index in [1.165, 1.54) is 42.7 Å². The molecule has 3 nitrogen and oxygen atoms in total. The fourth-order valence-corrected chi connectivity index (χ4v) is 3.71. The van der Waals surface area contributed by atoms with Gasteiger partial charge >= 0.3 is 0 Å². The van der Waals surface area contributed by atoms with Crippen molar-refractivity contribution in [2.45, 2.75) is 62.6 Å². The van der Waals surface area contributed by atoms with E-state index in [4.69, 9.17) is 4.98 Å². The largest absolute Gasteiger partial charge is 0.373 e.